The fraction of sp³-hybridized carbons (Fsp3) is 0.136. The monoisotopic (exact) mass is 421 g/mol. The number of hydrogen-bond donors (Lipinski definition) is 0. The first kappa shape index (κ1) is 19.7. The maximum atomic E-state index is 12.9. The Hall–Kier alpha value is -3.65. The zero-order valence-electron chi connectivity index (χ0n) is 16.7. The number of aromatic nitrogens is 2. The topological polar surface area (TPSA) is 74.9 Å². The Bertz CT molecular complexity index is 1250. The molecule has 2 aromatic heterocycles. The highest BCUT2D eigenvalue weighted by Crippen LogP contribution is 2.37. The zero-order valence-corrected chi connectivity index (χ0v) is 17.5. The van der Waals surface area contributed by atoms with Gasteiger partial charge in [-0.25, -0.2) is 4.98 Å². The maximum Gasteiger partial charge on any atom is 0.282 e. The van der Waals surface area contributed by atoms with Crippen LogP contribution >= 0.6 is 11.3 Å². The molecule has 7 nitrogen and oxygen atoms in total. The first-order chi connectivity index (χ1) is 14.6. The second kappa shape index (κ2) is 8.38. The summed E-state index contributed by atoms with van der Waals surface area (Å²) in [5.74, 6) is 1.50. The lowest BCUT2D eigenvalue weighted by Crippen LogP contribution is -2.16. The summed E-state index contributed by atoms with van der Waals surface area (Å²) >= 11 is 1.48. The summed E-state index contributed by atoms with van der Waals surface area (Å²) in [6.07, 6.45) is 2.97. The number of methoxy groups -OCH3 is 3. The minimum Gasteiger partial charge on any atom is -0.493 e. The van der Waals surface area contributed by atoms with Crippen molar-refractivity contribution in [3.8, 4) is 27.7 Å². The summed E-state index contributed by atoms with van der Waals surface area (Å²) < 4.78 is 17.2. The van der Waals surface area contributed by atoms with Crippen molar-refractivity contribution in [1.82, 2.24) is 9.66 Å². The van der Waals surface area contributed by atoms with Crippen LogP contribution in [0.25, 0.3) is 20.7 Å². The third kappa shape index (κ3) is 3.65. The van der Waals surface area contributed by atoms with E-state index in [9.17, 15) is 4.79 Å². The molecule has 0 atom stereocenters. The fourth-order valence-corrected chi connectivity index (χ4v) is 4.04. The van der Waals surface area contributed by atoms with E-state index < -0.39 is 0 Å². The van der Waals surface area contributed by atoms with E-state index in [0.717, 1.165) is 10.4 Å². The molecule has 2 aromatic carbocycles. The third-order valence-electron chi connectivity index (χ3n) is 4.51. The van der Waals surface area contributed by atoms with Gasteiger partial charge >= 0.3 is 0 Å². The Kier molecular flexibility index (Phi) is 5.49. The van der Waals surface area contributed by atoms with Crippen LogP contribution in [-0.4, -0.2) is 37.2 Å². The normalized spacial score (nSPS) is 11.2. The SMILES string of the molecule is COc1cc(/C=N/n2cnc3sc(-c4ccccc4)cc3c2=O)cc(OC)c1OC. The van der Waals surface area contributed by atoms with Crippen LogP contribution in [0.5, 0.6) is 17.2 Å². The van der Waals surface area contributed by atoms with Crippen LogP contribution in [0.3, 0.4) is 0 Å². The molecule has 0 saturated heterocycles. The van der Waals surface area contributed by atoms with Crippen LogP contribution < -0.4 is 19.8 Å². The van der Waals surface area contributed by atoms with Crippen molar-refractivity contribution in [2.45, 2.75) is 0 Å². The molecule has 4 aromatic rings. The number of rotatable bonds is 6. The lowest BCUT2D eigenvalue weighted by Gasteiger charge is -2.12. The molecule has 0 saturated carbocycles. The highest BCUT2D eigenvalue weighted by atomic mass is 32.1. The van der Waals surface area contributed by atoms with Gasteiger partial charge in [-0.3, -0.25) is 4.79 Å². The summed E-state index contributed by atoms with van der Waals surface area (Å²) in [6, 6.07) is 15.3. The molecule has 0 radical (unpaired) electrons. The minimum absolute atomic E-state index is 0.234. The number of thiophene rings is 1. The first-order valence-corrected chi connectivity index (χ1v) is 9.87. The average Bonchev–Trinajstić information content (AvgIpc) is 3.23. The minimum atomic E-state index is -0.234. The van der Waals surface area contributed by atoms with Gasteiger partial charge in [0.1, 0.15) is 11.2 Å². The molecule has 0 aliphatic carbocycles. The quantitative estimate of drug-likeness (QED) is 0.440. The van der Waals surface area contributed by atoms with E-state index >= 15 is 0 Å². The molecule has 0 amide bonds. The summed E-state index contributed by atoms with van der Waals surface area (Å²) in [4.78, 5) is 18.9. The van der Waals surface area contributed by atoms with Gasteiger partial charge in [-0.1, -0.05) is 30.3 Å². The second-order valence-electron chi connectivity index (χ2n) is 6.29. The number of nitrogens with zero attached hydrogens (tertiary/aromatic N) is 3. The predicted molar refractivity (Wildman–Crippen MR) is 118 cm³/mol. The zero-order chi connectivity index (χ0) is 21.1. The Morgan fingerprint density at radius 1 is 1.00 bits per heavy atom. The summed E-state index contributed by atoms with van der Waals surface area (Å²) in [6.45, 7) is 0. The van der Waals surface area contributed by atoms with Gasteiger partial charge in [0.05, 0.1) is 32.9 Å². The molecule has 0 N–H and O–H groups in total. The van der Waals surface area contributed by atoms with Crippen molar-refractivity contribution < 1.29 is 14.2 Å². The van der Waals surface area contributed by atoms with Gasteiger partial charge in [-0.15, -0.1) is 11.3 Å². The standard InChI is InChI=1S/C22H19N3O4S/c1-27-17-9-14(10-18(28-2)20(17)29-3)12-24-25-13-23-21-16(22(25)26)11-19(30-21)15-7-5-4-6-8-15/h4-13H,1-3H3/b24-12+. The second-order valence-corrected chi connectivity index (χ2v) is 7.32. The first-order valence-electron chi connectivity index (χ1n) is 9.05. The molecule has 30 heavy (non-hydrogen) atoms. The van der Waals surface area contributed by atoms with Gasteiger partial charge in [-0.05, 0) is 23.8 Å². The largest absolute Gasteiger partial charge is 0.493 e. The van der Waals surface area contributed by atoms with E-state index in [0.29, 0.717) is 33.0 Å². The molecule has 152 valence electrons. The lowest BCUT2D eigenvalue weighted by atomic mass is 10.2. The molecule has 0 aliphatic heterocycles. The summed E-state index contributed by atoms with van der Waals surface area (Å²) in [5, 5.41) is 4.81. The highest BCUT2D eigenvalue weighted by Gasteiger charge is 2.13. The van der Waals surface area contributed by atoms with E-state index in [4.69, 9.17) is 14.2 Å². The molecule has 0 spiro atoms. The van der Waals surface area contributed by atoms with E-state index in [2.05, 4.69) is 10.1 Å². The average molecular weight is 421 g/mol. The molecule has 4 rings (SSSR count). The number of hydrogen-bond acceptors (Lipinski definition) is 7. The van der Waals surface area contributed by atoms with Crippen LogP contribution in [0.4, 0.5) is 0 Å². The molecule has 0 aliphatic rings. The highest BCUT2D eigenvalue weighted by molar-refractivity contribution is 7.21. The fourth-order valence-electron chi connectivity index (χ4n) is 3.05. The Morgan fingerprint density at radius 2 is 1.70 bits per heavy atom. The van der Waals surface area contributed by atoms with Crippen LogP contribution in [0, 0.1) is 0 Å². The van der Waals surface area contributed by atoms with E-state index in [1.165, 1.54) is 22.3 Å². The van der Waals surface area contributed by atoms with Crippen molar-refractivity contribution >= 4 is 27.8 Å². The van der Waals surface area contributed by atoms with Crippen molar-refractivity contribution in [3.63, 3.8) is 0 Å². The Morgan fingerprint density at radius 3 is 2.33 bits per heavy atom. The van der Waals surface area contributed by atoms with Gasteiger partial charge < -0.3 is 14.2 Å². The van der Waals surface area contributed by atoms with Crippen LogP contribution in [0.1, 0.15) is 5.56 Å². The molecule has 0 unspecified atom stereocenters. The molecule has 0 bridgehead atoms. The van der Waals surface area contributed by atoms with Crippen molar-refractivity contribution in [3.05, 3.63) is 70.8 Å². The Labute approximate surface area is 176 Å². The third-order valence-corrected chi connectivity index (χ3v) is 5.60. The summed E-state index contributed by atoms with van der Waals surface area (Å²) in [7, 11) is 4.63. The van der Waals surface area contributed by atoms with Crippen LogP contribution in [0.2, 0.25) is 0 Å². The number of benzene rings is 2. The van der Waals surface area contributed by atoms with Gasteiger partial charge in [0, 0.05) is 10.4 Å². The van der Waals surface area contributed by atoms with Crippen molar-refractivity contribution in [2.75, 3.05) is 21.3 Å². The van der Waals surface area contributed by atoms with E-state index in [1.807, 2.05) is 36.4 Å². The maximum absolute atomic E-state index is 12.9. The van der Waals surface area contributed by atoms with E-state index in [-0.39, 0.29) is 5.56 Å². The predicted octanol–water partition coefficient (Wildman–Crippen LogP) is 4.03. The number of ether oxygens (including phenoxy) is 3. The van der Waals surface area contributed by atoms with Crippen molar-refractivity contribution in [1.29, 1.82) is 0 Å². The molecule has 2 heterocycles. The summed E-state index contributed by atoms with van der Waals surface area (Å²) in [5.41, 5.74) is 1.50. The van der Waals surface area contributed by atoms with Gasteiger partial charge in [-0.2, -0.15) is 9.78 Å². The number of fused-ring (bicyclic) bond motifs is 1. The van der Waals surface area contributed by atoms with Gasteiger partial charge in [0.15, 0.2) is 11.5 Å². The molecular weight excluding hydrogens is 402 g/mol. The van der Waals surface area contributed by atoms with Crippen LogP contribution in [-0.2, 0) is 0 Å². The van der Waals surface area contributed by atoms with E-state index in [1.54, 1.807) is 39.7 Å². The molecular formula is C22H19N3O4S. The lowest BCUT2D eigenvalue weighted by molar-refractivity contribution is 0.324. The molecule has 0 fully saturated rings. The Balaban J connectivity index is 1.71. The molecule has 8 heteroatoms. The van der Waals surface area contributed by atoms with Gasteiger partial charge in [0.25, 0.3) is 5.56 Å². The van der Waals surface area contributed by atoms with Crippen LogP contribution in [0.15, 0.2) is 64.8 Å². The smallest absolute Gasteiger partial charge is 0.282 e. The van der Waals surface area contributed by atoms with Crippen molar-refractivity contribution in [2.24, 2.45) is 5.10 Å². The van der Waals surface area contributed by atoms with Gasteiger partial charge in [0.2, 0.25) is 5.75 Å².